The van der Waals surface area contributed by atoms with Crippen LogP contribution in [0, 0.1) is 6.92 Å². The topological polar surface area (TPSA) is 104 Å². The first-order valence-electron chi connectivity index (χ1n) is 5.83. The number of carbonyl (C=O) groups excluding carboxylic acids is 1. The second-order valence-corrected chi connectivity index (χ2v) is 5.06. The van der Waals surface area contributed by atoms with Crippen LogP contribution in [0.1, 0.15) is 28.8 Å². The lowest BCUT2D eigenvalue weighted by atomic mass is 10.1. The van der Waals surface area contributed by atoms with E-state index in [9.17, 15) is 14.4 Å². The highest BCUT2D eigenvalue weighted by molar-refractivity contribution is 9.10. The molecule has 6 nitrogen and oxygen atoms in total. The predicted molar refractivity (Wildman–Crippen MR) is 74.6 cm³/mol. The first-order chi connectivity index (χ1) is 9.32. The molecule has 1 rings (SSSR count). The molecule has 108 valence electrons. The molecule has 0 saturated carbocycles. The van der Waals surface area contributed by atoms with Gasteiger partial charge in [-0.05, 0) is 31.0 Å². The Morgan fingerprint density at radius 3 is 2.50 bits per heavy atom. The Bertz CT molecular complexity index is 544. The average molecular weight is 344 g/mol. The summed E-state index contributed by atoms with van der Waals surface area (Å²) in [6, 6.07) is 3.78. The van der Waals surface area contributed by atoms with Gasteiger partial charge in [0, 0.05) is 16.5 Å². The van der Waals surface area contributed by atoms with Crippen LogP contribution in [0.3, 0.4) is 0 Å². The van der Waals surface area contributed by atoms with E-state index in [-0.39, 0.29) is 12.8 Å². The summed E-state index contributed by atoms with van der Waals surface area (Å²) in [6.45, 7) is 1.73. The maximum Gasteiger partial charge on any atom is 0.326 e. The Morgan fingerprint density at radius 2 is 1.95 bits per heavy atom. The highest BCUT2D eigenvalue weighted by atomic mass is 79.9. The van der Waals surface area contributed by atoms with Crippen molar-refractivity contribution < 1.29 is 24.6 Å². The van der Waals surface area contributed by atoms with Crippen molar-refractivity contribution in [2.45, 2.75) is 25.8 Å². The average Bonchev–Trinajstić information content (AvgIpc) is 2.36. The summed E-state index contributed by atoms with van der Waals surface area (Å²) in [5.41, 5.74) is 1.04. The smallest absolute Gasteiger partial charge is 0.326 e. The summed E-state index contributed by atoms with van der Waals surface area (Å²) in [7, 11) is 0. The maximum absolute atomic E-state index is 12.0. The van der Waals surface area contributed by atoms with Gasteiger partial charge in [0.15, 0.2) is 0 Å². The van der Waals surface area contributed by atoms with E-state index in [1.165, 1.54) is 0 Å². The number of hydrogen-bond acceptors (Lipinski definition) is 3. The van der Waals surface area contributed by atoms with E-state index >= 15 is 0 Å². The van der Waals surface area contributed by atoms with Gasteiger partial charge in [0.25, 0.3) is 5.91 Å². The Hall–Kier alpha value is -1.89. The van der Waals surface area contributed by atoms with Crippen LogP contribution >= 0.6 is 15.9 Å². The van der Waals surface area contributed by atoms with Gasteiger partial charge in [0.1, 0.15) is 6.04 Å². The Morgan fingerprint density at radius 1 is 1.30 bits per heavy atom. The van der Waals surface area contributed by atoms with E-state index in [0.717, 1.165) is 4.47 Å². The molecule has 0 unspecified atom stereocenters. The highest BCUT2D eigenvalue weighted by Gasteiger charge is 2.22. The first-order valence-corrected chi connectivity index (χ1v) is 6.62. The van der Waals surface area contributed by atoms with Crippen molar-refractivity contribution in [3.05, 3.63) is 33.8 Å². The molecular weight excluding hydrogens is 330 g/mol. The molecule has 1 aromatic rings. The molecule has 0 fully saturated rings. The van der Waals surface area contributed by atoms with Crippen LogP contribution < -0.4 is 5.32 Å². The van der Waals surface area contributed by atoms with Gasteiger partial charge in [-0.25, -0.2) is 4.79 Å². The minimum absolute atomic E-state index is 0.163. The summed E-state index contributed by atoms with van der Waals surface area (Å²) in [5, 5.41) is 19.9. The lowest BCUT2D eigenvalue weighted by Crippen LogP contribution is -2.41. The number of carboxylic acid groups (broad SMARTS) is 2. The fraction of sp³-hybridized carbons (Fsp3) is 0.308. The predicted octanol–water partition coefficient (Wildman–Crippen LogP) is 1.81. The monoisotopic (exact) mass is 343 g/mol. The van der Waals surface area contributed by atoms with Crippen LogP contribution in [0.4, 0.5) is 0 Å². The molecule has 0 bridgehead atoms. The molecular formula is C13H14BrNO5. The summed E-state index contributed by atoms with van der Waals surface area (Å²) in [4.78, 5) is 33.5. The number of carboxylic acids is 2. The zero-order valence-corrected chi connectivity index (χ0v) is 12.3. The maximum atomic E-state index is 12.0. The zero-order valence-electron chi connectivity index (χ0n) is 10.7. The standard InChI is InChI=1S/C13H14BrNO5/c1-7-8(3-2-4-9(7)14)12(18)15-10(13(19)20)5-6-11(16)17/h2-4,10H,5-6H2,1H3,(H,15,18)(H,16,17)(H,19,20)/t10-/m0/s1. The lowest BCUT2D eigenvalue weighted by Gasteiger charge is -2.15. The van der Waals surface area contributed by atoms with Gasteiger partial charge >= 0.3 is 11.9 Å². The summed E-state index contributed by atoms with van der Waals surface area (Å²) < 4.78 is 0.738. The normalized spacial score (nSPS) is 11.7. The van der Waals surface area contributed by atoms with Crippen molar-refractivity contribution in [3.8, 4) is 0 Å². The van der Waals surface area contributed by atoms with Gasteiger partial charge in [0.2, 0.25) is 0 Å². The molecule has 0 aliphatic heterocycles. The Kier molecular flexibility index (Phi) is 5.69. The third kappa shape index (κ3) is 4.34. The molecule has 0 spiro atoms. The van der Waals surface area contributed by atoms with Gasteiger partial charge in [-0.15, -0.1) is 0 Å². The summed E-state index contributed by atoms with van der Waals surface area (Å²) >= 11 is 3.29. The molecule has 7 heteroatoms. The van der Waals surface area contributed by atoms with E-state index in [4.69, 9.17) is 10.2 Å². The van der Waals surface area contributed by atoms with Gasteiger partial charge in [-0.1, -0.05) is 22.0 Å². The number of amides is 1. The van der Waals surface area contributed by atoms with Crippen molar-refractivity contribution in [2.24, 2.45) is 0 Å². The molecule has 20 heavy (non-hydrogen) atoms. The van der Waals surface area contributed by atoms with Gasteiger partial charge < -0.3 is 15.5 Å². The van der Waals surface area contributed by atoms with E-state index < -0.39 is 23.9 Å². The number of nitrogens with one attached hydrogen (secondary N) is 1. The molecule has 0 aliphatic rings. The molecule has 1 aromatic carbocycles. The third-order valence-electron chi connectivity index (χ3n) is 2.76. The lowest BCUT2D eigenvalue weighted by molar-refractivity contribution is -0.140. The zero-order chi connectivity index (χ0) is 15.3. The number of rotatable bonds is 6. The van der Waals surface area contributed by atoms with Crippen LogP contribution in [-0.4, -0.2) is 34.1 Å². The van der Waals surface area contributed by atoms with Crippen molar-refractivity contribution in [3.63, 3.8) is 0 Å². The summed E-state index contributed by atoms with van der Waals surface area (Å²) in [5.74, 6) is -2.90. The molecule has 0 saturated heterocycles. The van der Waals surface area contributed by atoms with Gasteiger partial charge in [0.05, 0.1) is 0 Å². The van der Waals surface area contributed by atoms with E-state index in [0.29, 0.717) is 11.1 Å². The van der Waals surface area contributed by atoms with Crippen LogP contribution in [-0.2, 0) is 9.59 Å². The molecule has 0 aliphatic carbocycles. The minimum atomic E-state index is -1.26. The number of aliphatic carboxylic acids is 2. The number of benzene rings is 1. The molecule has 3 N–H and O–H groups in total. The number of carbonyl (C=O) groups is 3. The fourth-order valence-corrected chi connectivity index (χ4v) is 1.98. The number of hydrogen-bond donors (Lipinski definition) is 3. The SMILES string of the molecule is Cc1c(Br)cccc1C(=O)N[C@@H](CCC(=O)O)C(=O)O. The van der Waals surface area contributed by atoms with E-state index in [2.05, 4.69) is 21.2 Å². The van der Waals surface area contributed by atoms with Crippen molar-refractivity contribution in [1.29, 1.82) is 0 Å². The quantitative estimate of drug-likeness (QED) is 0.730. The van der Waals surface area contributed by atoms with E-state index in [1.54, 1.807) is 25.1 Å². The van der Waals surface area contributed by atoms with Crippen molar-refractivity contribution >= 4 is 33.8 Å². The largest absolute Gasteiger partial charge is 0.481 e. The molecule has 0 aromatic heterocycles. The highest BCUT2D eigenvalue weighted by Crippen LogP contribution is 2.19. The molecule has 0 radical (unpaired) electrons. The van der Waals surface area contributed by atoms with Gasteiger partial charge in [-0.3, -0.25) is 9.59 Å². The molecule has 0 heterocycles. The van der Waals surface area contributed by atoms with Gasteiger partial charge in [-0.2, -0.15) is 0 Å². The Labute approximate surface area is 123 Å². The molecule has 1 atom stereocenters. The number of halogens is 1. The Balaban J connectivity index is 2.83. The van der Waals surface area contributed by atoms with Crippen LogP contribution in [0.15, 0.2) is 22.7 Å². The third-order valence-corrected chi connectivity index (χ3v) is 3.62. The summed E-state index contributed by atoms with van der Waals surface area (Å²) in [6.07, 6.45) is -0.488. The minimum Gasteiger partial charge on any atom is -0.481 e. The second-order valence-electron chi connectivity index (χ2n) is 4.21. The second kappa shape index (κ2) is 7.04. The fourth-order valence-electron chi connectivity index (χ4n) is 1.61. The van der Waals surface area contributed by atoms with Crippen LogP contribution in [0.25, 0.3) is 0 Å². The van der Waals surface area contributed by atoms with Crippen molar-refractivity contribution in [2.75, 3.05) is 0 Å². The van der Waals surface area contributed by atoms with Crippen LogP contribution in [0.2, 0.25) is 0 Å². The van der Waals surface area contributed by atoms with E-state index in [1.807, 2.05) is 0 Å². The van der Waals surface area contributed by atoms with Crippen molar-refractivity contribution in [1.82, 2.24) is 5.32 Å². The van der Waals surface area contributed by atoms with Crippen LogP contribution in [0.5, 0.6) is 0 Å². The molecule has 1 amide bonds. The first kappa shape index (κ1) is 16.2.